The standard InChI is InChI=1S/C35H34Cl2N2O4S/c1-21(18-31(41)43-20-29-27-8-4-2-6-25(27)26-7-3-5-9-28(26)29)35(42)38-24-12-15-39(16-13-24)30(40)11-10-22-19-23-14-17-44-34(23)33(37)32(22)36/h2,4-6,8-11,14,17,19,21,24,29H,3,7,12-13,15-16,18,20H2,1H3,(H,38,42)/b11-10+/t21-,29?/m0/s1. The molecule has 44 heavy (non-hydrogen) atoms. The molecule has 1 fully saturated rings. The van der Waals surface area contributed by atoms with Gasteiger partial charge >= 0.3 is 5.97 Å². The van der Waals surface area contributed by atoms with Gasteiger partial charge in [-0.25, -0.2) is 0 Å². The van der Waals surface area contributed by atoms with Crippen molar-refractivity contribution < 1.29 is 19.1 Å². The zero-order valence-electron chi connectivity index (χ0n) is 24.5. The maximum absolute atomic E-state index is 12.9. The summed E-state index contributed by atoms with van der Waals surface area (Å²) in [5, 5.41) is 6.94. The number of piperidine rings is 1. The number of thiophene rings is 1. The first-order valence-electron chi connectivity index (χ1n) is 15.1. The van der Waals surface area contributed by atoms with Gasteiger partial charge in [-0.05, 0) is 82.5 Å². The van der Waals surface area contributed by atoms with Crippen LogP contribution in [0.2, 0.25) is 10.0 Å². The number of hydrogen-bond donors (Lipinski definition) is 1. The number of benzene rings is 2. The molecule has 2 atom stereocenters. The summed E-state index contributed by atoms with van der Waals surface area (Å²) in [5.74, 6) is -1.13. The van der Waals surface area contributed by atoms with Crippen LogP contribution in [0.15, 0.2) is 65.6 Å². The van der Waals surface area contributed by atoms with Crippen molar-refractivity contribution in [2.45, 2.75) is 51.0 Å². The molecule has 2 amide bonds. The molecule has 2 aliphatic carbocycles. The van der Waals surface area contributed by atoms with Gasteiger partial charge in [0.15, 0.2) is 0 Å². The summed E-state index contributed by atoms with van der Waals surface area (Å²) in [6.45, 7) is 3.08. The molecule has 1 saturated heterocycles. The third kappa shape index (κ3) is 6.37. The van der Waals surface area contributed by atoms with E-state index in [4.69, 9.17) is 27.9 Å². The Morgan fingerprint density at radius 1 is 1.14 bits per heavy atom. The van der Waals surface area contributed by atoms with E-state index in [2.05, 4.69) is 35.7 Å². The first-order chi connectivity index (χ1) is 21.3. The third-order valence-corrected chi connectivity index (χ3v) is 10.7. The summed E-state index contributed by atoms with van der Waals surface area (Å²) < 4.78 is 6.65. The molecule has 2 heterocycles. The summed E-state index contributed by atoms with van der Waals surface area (Å²) in [6.07, 6.45) is 10.9. The van der Waals surface area contributed by atoms with Crippen molar-refractivity contribution >= 4 is 74.1 Å². The number of nitrogens with zero attached hydrogens (tertiary/aromatic N) is 1. The Morgan fingerprint density at radius 2 is 1.93 bits per heavy atom. The van der Waals surface area contributed by atoms with E-state index in [1.54, 1.807) is 17.9 Å². The molecule has 1 aliphatic heterocycles. The monoisotopic (exact) mass is 648 g/mol. The van der Waals surface area contributed by atoms with Gasteiger partial charge in [-0.3, -0.25) is 14.4 Å². The summed E-state index contributed by atoms with van der Waals surface area (Å²) in [4.78, 5) is 40.3. The van der Waals surface area contributed by atoms with Gasteiger partial charge in [-0.15, -0.1) is 11.3 Å². The molecule has 1 N–H and O–H groups in total. The van der Waals surface area contributed by atoms with Gasteiger partial charge in [-0.1, -0.05) is 66.5 Å². The molecule has 0 spiro atoms. The number of esters is 1. The zero-order valence-corrected chi connectivity index (χ0v) is 26.8. The molecule has 6 nitrogen and oxygen atoms in total. The van der Waals surface area contributed by atoms with Crippen LogP contribution in [-0.4, -0.2) is 48.4 Å². The number of fused-ring (bicyclic) bond motifs is 3. The van der Waals surface area contributed by atoms with E-state index >= 15 is 0 Å². The molecule has 9 heteroatoms. The maximum atomic E-state index is 12.9. The van der Waals surface area contributed by atoms with Crippen LogP contribution >= 0.6 is 34.5 Å². The first kappa shape index (κ1) is 30.6. The quantitative estimate of drug-likeness (QED) is 0.200. The minimum atomic E-state index is -0.512. The van der Waals surface area contributed by atoms with Gasteiger partial charge in [0.25, 0.3) is 0 Å². The average molecular weight is 650 g/mol. The second-order valence-electron chi connectivity index (χ2n) is 11.7. The molecule has 3 aromatic rings. The van der Waals surface area contributed by atoms with Crippen molar-refractivity contribution in [3.63, 3.8) is 0 Å². The molecule has 3 aliphatic rings. The Labute approximate surface area is 271 Å². The topological polar surface area (TPSA) is 75.7 Å². The van der Waals surface area contributed by atoms with Gasteiger partial charge in [0.05, 0.1) is 21.2 Å². The maximum Gasteiger partial charge on any atom is 0.306 e. The highest BCUT2D eigenvalue weighted by Crippen LogP contribution is 2.46. The number of rotatable bonds is 8. The van der Waals surface area contributed by atoms with Crippen molar-refractivity contribution in [3.05, 3.63) is 92.3 Å². The average Bonchev–Trinajstić information content (AvgIpc) is 3.64. The number of nitrogens with one attached hydrogen (secondary N) is 1. The molecule has 1 unspecified atom stereocenters. The van der Waals surface area contributed by atoms with Gasteiger partial charge in [-0.2, -0.15) is 0 Å². The highest BCUT2D eigenvalue weighted by atomic mass is 35.5. The van der Waals surface area contributed by atoms with Crippen LogP contribution in [0.5, 0.6) is 0 Å². The smallest absolute Gasteiger partial charge is 0.306 e. The number of halogens is 2. The van der Waals surface area contributed by atoms with Crippen molar-refractivity contribution in [2.24, 2.45) is 5.92 Å². The largest absolute Gasteiger partial charge is 0.465 e. The number of amides is 2. The lowest BCUT2D eigenvalue weighted by molar-refractivity contribution is -0.147. The molecule has 2 aromatic carbocycles. The SMILES string of the molecule is C[C@@H](CC(=O)OCC1C2=C(CCC=C2)c2ccccc21)C(=O)NC1CCN(C(=O)/C=C/c2cc3ccsc3c(Cl)c2Cl)CC1. The minimum absolute atomic E-state index is 0.0216. The summed E-state index contributed by atoms with van der Waals surface area (Å²) in [6, 6.07) is 12.2. The van der Waals surface area contributed by atoms with E-state index < -0.39 is 5.92 Å². The number of allylic oxidation sites excluding steroid dienone is 3. The lowest BCUT2D eigenvalue weighted by Crippen LogP contribution is -2.47. The van der Waals surface area contributed by atoms with Gasteiger partial charge in [0.2, 0.25) is 11.8 Å². The predicted octanol–water partition coefficient (Wildman–Crippen LogP) is 7.80. The van der Waals surface area contributed by atoms with Crippen LogP contribution in [0.25, 0.3) is 21.7 Å². The van der Waals surface area contributed by atoms with Crippen molar-refractivity contribution in [1.82, 2.24) is 10.2 Å². The number of ether oxygens (including phenoxy) is 1. The molecular weight excluding hydrogens is 615 g/mol. The first-order valence-corrected chi connectivity index (χ1v) is 16.7. The third-order valence-electron chi connectivity index (χ3n) is 8.79. The second-order valence-corrected chi connectivity index (χ2v) is 13.3. The fourth-order valence-electron chi connectivity index (χ4n) is 6.34. The van der Waals surface area contributed by atoms with Gasteiger partial charge < -0.3 is 15.0 Å². The molecule has 0 bridgehead atoms. The van der Waals surface area contributed by atoms with Crippen LogP contribution in [0.3, 0.4) is 0 Å². The molecule has 1 aromatic heterocycles. The van der Waals surface area contributed by atoms with Crippen molar-refractivity contribution in [2.75, 3.05) is 19.7 Å². The van der Waals surface area contributed by atoms with E-state index in [0.29, 0.717) is 41.5 Å². The Bertz CT molecular complexity index is 1700. The van der Waals surface area contributed by atoms with E-state index in [0.717, 1.165) is 22.9 Å². The molecule has 6 rings (SSSR count). The Balaban J connectivity index is 0.954. The van der Waals surface area contributed by atoms with Crippen LogP contribution in [-0.2, 0) is 19.1 Å². The Hall–Kier alpha value is -3.39. The lowest BCUT2D eigenvalue weighted by atomic mass is 9.93. The van der Waals surface area contributed by atoms with Crippen LogP contribution in [0.1, 0.15) is 61.6 Å². The number of carbonyl (C=O) groups excluding carboxylic acids is 3. The zero-order chi connectivity index (χ0) is 30.8. The van der Waals surface area contributed by atoms with Crippen LogP contribution in [0, 0.1) is 5.92 Å². The fraction of sp³-hybridized carbons (Fsp3) is 0.343. The highest BCUT2D eigenvalue weighted by molar-refractivity contribution is 7.18. The van der Waals surface area contributed by atoms with Crippen LogP contribution in [0.4, 0.5) is 0 Å². The fourth-order valence-corrected chi connectivity index (χ4v) is 7.78. The summed E-state index contributed by atoms with van der Waals surface area (Å²) in [7, 11) is 0. The molecule has 228 valence electrons. The number of carbonyl (C=O) groups is 3. The van der Waals surface area contributed by atoms with E-state index in [9.17, 15) is 14.4 Å². The molecule has 0 saturated carbocycles. The predicted molar refractivity (Wildman–Crippen MR) is 178 cm³/mol. The van der Waals surface area contributed by atoms with Gasteiger partial charge in [0, 0.05) is 37.0 Å². The molecular formula is C35H34Cl2N2O4S. The summed E-state index contributed by atoms with van der Waals surface area (Å²) >= 11 is 14.4. The normalized spacial score (nSPS) is 18.9. The second kappa shape index (κ2) is 13.3. The number of hydrogen-bond acceptors (Lipinski definition) is 5. The van der Waals surface area contributed by atoms with E-state index in [1.807, 2.05) is 23.6 Å². The Kier molecular flexibility index (Phi) is 9.26. The molecule has 0 radical (unpaired) electrons. The van der Waals surface area contributed by atoms with E-state index in [-0.39, 0.29) is 42.8 Å². The van der Waals surface area contributed by atoms with Gasteiger partial charge in [0.1, 0.15) is 6.61 Å². The lowest BCUT2D eigenvalue weighted by Gasteiger charge is -2.32. The van der Waals surface area contributed by atoms with Crippen molar-refractivity contribution in [3.8, 4) is 0 Å². The Morgan fingerprint density at radius 3 is 2.75 bits per heavy atom. The summed E-state index contributed by atoms with van der Waals surface area (Å²) in [5.41, 5.74) is 5.76. The van der Waals surface area contributed by atoms with E-state index in [1.165, 1.54) is 39.7 Å². The minimum Gasteiger partial charge on any atom is -0.465 e. The highest BCUT2D eigenvalue weighted by Gasteiger charge is 2.32. The van der Waals surface area contributed by atoms with Crippen LogP contribution < -0.4 is 5.32 Å². The number of likely N-dealkylation sites (tertiary alicyclic amines) is 1. The van der Waals surface area contributed by atoms with Crippen molar-refractivity contribution in [1.29, 1.82) is 0 Å².